The summed E-state index contributed by atoms with van der Waals surface area (Å²) in [4.78, 5) is 13.9. The molecule has 1 aromatic rings. The molecule has 4 nitrogen and oxygen atoms in total. The summed E-state index contributed by atoms with van der Waals surface area (Å²) >= 11 is 0. The SMILES string of the molecule is COC1(CC(=O)N(C)c2cccc(N)c2)CCC1. The number of methoxy groups -OCH3 is 1. The number of hydrogen-bond donors (Lipinski definition) is 1. The first-order valence-electron chi connectivity index (χ1n) is 6.24. The Balaban J connectivity index is 2.05. The molecule has 0 bridgehead atoms. The fourth-order valence-electron chi connectivity index (χ4n) is 2.30. The highest BCUT2D eigenvalue weighted by molar-refractivity contribution is 5.93. The Kier molecular flexibility index (Phi) is 3.57. The summed E-state index contributed by atoms with van der Waals surface area (Å²) in [7, 11) is 3.46. The van der Waals surface area contributed by atoms with Crippen LogP contribution in [-0.4, -0.2) is 25.7 Å². The van der Waals surface area contributed by atoms with Crippen LogP contribution in [0.2, 0.25) is 0 Å². The summed E-state index contributed by atoms with van der Waals surface area (Å²) in [5.41, 5.74) is 6.98. The summed E-state index contributed by atoms with van der Waals surface area (Å²) in [6, 6.07) is 7.35. The van der Waals surface area contributed by atoms with E-state index in [-0.39, 0.29) is 11.5 Å². The second-order valence-electron chi connectivity index (χ2n) is 4.97. The zero-order valence-corrected chi connectivity index (χ0v) is 11.0. The van der Waals surface area contributed by atoms with Crippen molar-refractivity contribution in [3.8, 4) is 0 Å². The third kappa shape index (κ3) is 2.48. The Morgan fingerprint density at radius 3 is 2.72 bits per heavy atom. The predicted molar refractivity (Wildman–Crippen MR) is 72.5 cm³/mol. The molecule has 1 amide bonds. The van der Waals surface area contributed by atoms with Crippen LogP contribution in [0.15, 0.2) is 24.3 Å². The van der Waals surface area contributed by atoms with E-state index in [4.69, 9.17) is 10.5 Å². The lowest BCUT2D eigenvalue weighted by molar-refractivity contribution is -0.131. The van der Waals surface area contributed by atoms with Crippen LogP contribution < -0.4 is 10.6 Å². The molecule has 4 heteroatoms. The molecule has 1 aliphatic rings. The molecule has 0 aliphatic heterocycles. The number of rotatable bonds is 4. The van der Waals surface area contributed by atoms with Gasteiger partial charge in [0.05, 0.1) is 12.0 Å². The fourth-order valence-corrected chi connectivity index (χ4v) is 2.30. The fraction of sp³-hybridized carbons (Fsp3) is 0.500. The van der Waals surface area contributed by atoms with Crippen molar-refractivity contribution in [1.29, 1.82) is 0 Å². The molecule has 2 N–H and O–H groups in total. The van der Waals surface area contributed by atoms with Crippen LogP contribution in [0.3, 0.4) is 0 Å². The number of nitrogens with zero attached hydrogens (tertiary/aromatic N) is 1. The van der Waals surface area contributed by atoms with Crippen molar-refractivity contribution < 1.29 is 9.53 Å². The number of nitrogens with two attached hydrogens (primary N) is 1. The lowest BCUT2D eigenvalue weighted by Crippen LogP contribution is -2.44. The minimum absolute atomic E-state index is 0.0714. The molecular formula is C14H20N2O2. The predicted octanol–water partition coefficient (Wildman–Crippen LogP) is 2.19. The number of carbonyl (C=O) groups is 1. The molecule has 0 spiro atoms. The third-order valence-corrected chi connectivity index (χ3v) is 3.80. The number of carbonyl (C=O) groups excluding carboxylic acids is 1. The smallest absolute Gasteiger partial charge is 0.229 e. The van der Waals surface area contributed by atoms with Crippen LogP contribution in [0.25, 0.3) is 0 Å². The Morgan fingerprint density at radius 2 is 2.22 bits per heavy atom. The van der Waals surface area contributed by atoms with Crippen molar-refractivity contribution in [2.45, 2.75) is 31.3 Å². The molecule has 0 radical (unpaired) electrons. The van der Waals surface area contributed by atoms with Crippen LogP contribution in [0.5, 0.6) is 0 Å². The van der Waals surface area contributed by atoms with Gasteiger partial charge in [-0.1, -0.05) is 6.07 Å². The largest absolute Gasteiger partial charge is 0.399 e. The topological polar surface area (TPSA) is 55.6 Å². The summed E-state index contributed by atoms with van der Waals surface area (Å²) in [6.07, 6.45) is 3.53. The van der Waals surface area contributed by atoms with Crippen LogP contribution in [0.1, 0.15) is 25.7 Å². The second kappa shape index (κ2) is 4.98. The monoisotopic (exact) mass is 248 g/mol. The maximum Gasteiger partial charge on any atom is 0.229 e. The van der Waals surface area contributed by atoms with Crippen LogP contribution in [0.4, 0.5) is 11.4 Å². The zero-order valence-electron chi connectivity index (χ0n) is 11.0. The molecule has 0 heterocycles. The van der Waals surface area contributed by atoms with Crippen molar-refractivity contribution in [3.63, 3.8) is 0 Å². The van der Waals surface area contributed by atoms with E-state index in [1.54, 1.807) is 25.1 Å². The molecule has 0 saturated heterocycles. The van der Waals surface area contributed by atoms with Gasteiger partial charge in [-0.05, 0) is 37.5 Å². The van der Waals surface area contributed by atoms with Gasteiger partial charge in [-0.3, -0.25) is 4.79 Å². The van der Waals surface area contributed by atoms with Gasteiger partial charge in [0.2, 0.25) is 5.91 Å². The van der Waals surface area contributed by atoms with Crippen molar-refractivity contribution in [3.05, 3.63) is 24.3 Å². The van der Waals surface area contributed by atoms with Gasteiger partial charge in [-0.15, -0.1) is 0 Å². The minimum Gasteiger partial charge on any atom is -0.399 e. The average molecular weight is 248 g/mol. The Labute approximate surface area is 108 Å². The molecule has 1 aliphatic carbocycles. The second-order valence-corrected chi connectivity index (χ2v) is 4.97. The molecule has 0 unspecified atom stereocenters. The van der Waals surface area contributed by atoms with E-state index < -0.39 is 0 Å². The van der Waals surface area contributed by atoms with Gasteiger partial charge < -0.3 is 15.4 Å². The molecule has 0 aromatic heterocycles. The van der Waals surface area contributed by atoms with Gasteiger partial charge >= 0.3 is 0 Å². The average Bonchev–Trinajstić information content (AvgIpc) is 2.32. The lowest BCUT2D eigenvalue weighted by atomic mass is 9.77. The van der Waals surface area contributed by atoms with Crippen molar-refractivity contribution >= 4 is 17.3 Å². The number of benzene rings is 1. The maximum absolute atomic E-state index is 12.2. The van der Waals surface area contributed by atoms with E-state index in [0.717, 1.165) is 24.9 Å². The molecule has 98 valence electrons. The van der Waals surface area contributed by atoms with E-state index >= 15 is 0 Å². The zero-order chi connectivity index (χ0) is 13.2. The number of hydrogen-bond acceptors (Lipinski definition) is 3. The molecule has 1 saturated carbocycles. The summed E-state index contributed by atoms with van der Waals surface area (Å²) < 4.78 is 5.48. The van der Waals surface area contributed by atoms with E-state index in [9.17, 15) is 4.79 Å². The van der Waals surface area contributed by atoms with Gasteiger partial charge in [-0.25, -0.2) is 0 Å². The Morgan fingerprint density at radius 1 is 1.50 bits per heavy atom. The van der Waals surface area contributed by atoms with Crippen molar-refractivity contribution in [2.75, 3.05) is 24.8 Å². The van der Waals surface area contributed by atoms with Gasteiger partial charge in [0, 0.05) is 25.5 Å². The van der Waals surface area contributed by atoms with E-state index in [1.165, 1.54) is 0 Å². The minimum atomic E-state index is -0.230. The highest BCUT2D eigenvalue weighted by atomic mass is 16.5. The highest BCUT2D eigenvalue weighted by Crippen LogP contribution is 2.38. The van der Waals surface area contributed by atoms with E-state index in [2.05, 4.69) is 0 Å². The quantitative estimate of drug-likeness (QED) is 0.831. The first kappa shape index (κ1) is 12.9. The molecular weight excluding hydrogens is 228 g/mol. The molecule has 0 atom stereocenters. The third-order valence-electron chi connectivity index (χ3n) is 3.80. The molecule has 18 heavy (non-hydrogen) atoms. The van der Waals surface area contributed by atoms with Crippen LogP contribution >= 0.6 is 0 Å². The number of ether oxygens (including phenoxy) is 1. The Bertz CT molecular complexity index is 436. The van der Waals surface area contributed by atoms with Crippen molar-refractivity contribution in [2.24, 2.45) is 0 Å². The van der Waals surface area contributed by atoms with Crippen LogP contribution in [-0.2, 0) is 9.53 Å². The Hall–Kier alpha value is -1.55. The van der Waals surface area contributed by atoms with Gasteiger partial charge in [0.25, 0.3) is 0 Å². The van der Waals surface area contributed by atoms with Crippen LogP contribution in [0, 0.1) is 0 Å². The molecule has 1 fully saturated rings. The van der Waals surface area contributed by atoms with E-state index in [1.807, 2.05) is 18.2 Å². The van der Waals surface area contributed by atoms with Gasteiger partial charge in [-0.2, -0.15) is 0 Å². The standard InChI is InChI=1S/C14H20N2O2/c1-16(12-6-3-5-11(15)9-12)13(17)10-14(18-2)7-4-8-14/h3,5-6,9H,4,7-8,10,15H2,1-2H3. The normalized spacial score (nSPS) is 17.0. The van der Waals surface area contributed by atoms with Gasteiger partial charge in [0.1, 0.15) is 0 Å². The maximum atomic E-state index is 12.2. The van der Waals surface area contributed by atoms with Gasteiger partial charge in [0.15, 0.2) is 0 Å². The summed E-state index contributed by atoms with van der Waals surface area (Å²) in [5.74, 6) is 0.0714. The lowest BCUT2D eigenvalue weighted by Gasteiger charge is -2.40. The number of nitrogen functional groups attached to an aromatic ring is 1. The molecule has 1 aromatic carbocycles. The van der Waals surface area contributed by atoms with E-state index in [0.29, 0.717) is 12.1 Å². The first-order valence-corrected chi connectivity index (χ1v) is 6.24. The highest BCUT2D eigenvalue weighted by Gasteiger charge is 2.39. The number of anilines is 2. The summed E-state index contributed by atoms with van der Waals surface area (Å²) in [6.45, 7) is 0. The number of amides is 1. The summed E-state index contributed by atoms with van der Waals surface area (Å²) in [5, 5.41) is 0. The molecule has 2 rings (SSSR count). The van der Waals surface area contributed by atoms with Crippen molar-refractivity contribution in [1.82, 2.24) is 0 Å². The first-order chi connectivity index (χ1) is 8.56.